The third kappa shape index (κ3) is 3.51. The van der Waals surface area contributed by atoms with E-state index in [4.69, 9.17) is 5.11 Å². The van der Waals surface area contributed by atoms with E-state index in [0.29, 0.717) is 31.5 Å². The minimum atomic E-state index is 0.174. The van der Waals surface area contributed by atoms with E-state index in [2.05, 4.69) is 15.6 Å². The molecule has 0 aliphatic heterocycles. The van der Waals surface area contributed by atoms with Crippen LogP contribution in [-0.4, -0.2) is 44.5 Å². The molecule has 2 rings (SSSR count). The summed E-state index contributed by atoms with van der Waals surface area (Å²) >= 11 is 0. The first-order valence-electron chi connectivity index (χ1n) is 6.67. The topological polar surface area (TPSA) is 83.2 Å². The zero-order valence-electron chi connectivity index (χ0n) is 10.6. The zero-order chi connectivity index (χ0) is 12.8. The van der Waals surface area contributed by atoms with Gasteiger partial charge in [0.15, 0.2) is 0 Å². The smallest absolute Gasteiger partial charge is 0.0964 e. The van der Waals surface area contributed by atoms with Crippen LogP contribution in [0, 0.1) is 5.92 Å². The van der Waals surface area contributed by atoms with E-state index in [-0.39, 0.29) is 13.2 Å². The van der Waals surface area contributed by atoms with Crippen LogP contribution in [0.2, 0.25) is 0 Å². The van der Waals surface area contributed by atoms with Crippen LogP contribution in [0.3, 0.4) is 0 Å². The fraction of sp³-hybridized carbons (Fsp3) is 0.833. The van der Waals surface area contributed by atoms with Gasteiger partial charge in [-0.15, -0.1) is 5.10 Å². The molecular formula is C12H22N4O2. The fourth-order valence-electron chi connectivity index (χ4n) is 2.52. The Bertz CT molecular complexity index is 356. The Morgan fingerprint density at radius 1 is 1.39 bits per heavy atom. The van der Waals surface area contributed by atoms with Crippen molar-refractivity contribution in [2.75, 3.05) is 13.2 Å². The van der Waals surface area contributed by atoms with Crippen LogP contribution >= 0.6 is 0 Å². The highest BCUT2D eigenvalue weighted by molar-refractivity contribution is 4.93. The Morgan fingerprint density at radius 3 is 3.06 bits per heavy atom. The number of rotatable bonds is 7. The summed E-state index contributed by atoms with van der Waals surface area (Å²) in [5, 5.41) is 29.5. The number of aliphatic hydroxyl groups is 2. The molecule has 2 unspecified atom stereocenters. The normalized spacial score (nSPS) is 23.7. The van der Waals surface area contributed by atoms with Crippen molar-refractivity contribution in [3.8, 4) is 0 Å². The van der Waals surface area contributed by atoms with Gasteiger partial charge in [0.05, 0.1) is 5.69 Å². The summed E-state index contributed by atoms with van der Waals surface area (Å²) in [5.74, 6) is 0.384. The maximum absolute atomic E-state index is 9.24. The second-order valence-corrected chi connectivity index (χ2v) is 4.91. The van der Waals surface area contributed by atoms with Crippen molar-refractivity contribution in [1.29, 1.82) is 0 Å². The molecular weight excluding hydrogens is 232 g/mol. The summed E-state index contributed by atoms with van der Waals surface area (Å²) < 4.78 is 1.76. The van der Waals surface area contributed by atoms with Crippen molar-refractivity contribution >= 4 is 0 Å². The Balaban J connectivity index is 1.77. The Labute approximate surface area is 107 Å². The van der Waals surface area contributed by atoms with Gasteiger partial charge in [-0.25, -0.2) is 0 Å². The Hall–Kier alpha value is -0.980. The minimum absolute atomic E-state index is 0.174. The molecule has 0 aromatic carbocycles. The summed E-state index contributed by atoms with van der Waals surface area (Å²) in [5.41, 5.74) is 0.913. The quantitative estimate of drug-likeness (QED) is 0.633. The van der Waals surface area contributed by atoms with Crippen molar-refractivity contribution in [2.45, 2.75) is 44.8 Å². The molecule has 1 saturated carbocycles. The monoisotopic (exact) mass is 254 g/mol. The number of aryl methyl sites for hydroxylation is 1. The second-order valence-electron chi connectivity index (χ2n) is 4.91. The second kappa shape index (κ2) is 6.82. The van der Waals surface area contributed by atoms with E-state index in [1.54, 1.807) is 4.68 Å². The first-order valence-corrected chi connectivity index (χ1v) is 6.67. The SMILES string of the molecule is OCCCn1cc(CNC2CCCC2CO)nn1. The van der Waals surface area contributed by atoms with Crippen LogP contribution in [0.25, 0.3) is 0 Å². The van der Waals surface area contributed by atoms with E-state index >= 15 is 0 Å². The molecule has 1 heterocycles. The van der Waals surface area contributed by atoms with E-state index in [1.165, 1.54) is 6.42 Å². The first kappa shape index (κ1) is 13.5. The first-order chi connectivity index (χ1) is 8.83. The Kier molecular flexibility index (Phi) is 5.10. The summed E-state index contributed by atoms with van der Waals surface area (Å²) in [7, 11) is 0. The lowest BCUT2D eigenvalue weighted by Crippen LogP contribution is -2.33. The lowest BCUT2D eigenvalue weighted by atomic mass is 10.1. The third-order valence-corrected chi connectivity index (χ3v) is 3.57. The van der Waals surface area contributed by atoms with Crippen LogP contribution in [0.4, 0.5) is 0 Å². The van der Waals surface area contributed by atoms with E-state index in [1.807, 2.05) is 6.20 Å². The number of hydrogen-bond donors (Lipinski definition) is 3. The molecule has 102 valence electrons. The van der Waals surface area contributed by atoms with Gasteiger partial charge in [0.2, 0.25) is 0 Å². The number of nitrogens with zero attached hydrogens (tertiary/aromatic N) is 3. The van der Waals surface area contributed by atoms with Gasteiger partial charge in [-0.05, 0) is 25.2 Å². The lowest BCUT2D eigenvalue weighted by Gasteiger charge is -2.17. The van der Waals surface area contributed by atoms with Crippen molar-refractivity contribution < 1.29 is 10.2 Å². The van der Waals surface area contributed by atoms with E-state index in [0.717, 1.165) is 18.5 Å². The average Bonchev–Trinajstić information content (AvgIpc) is 3.02. The molecule has 6 heteroatoms. The predicted molar refractivity (Wildman–Crippen MR) is 66.8 cm³/mol. The molecule has 18 heavy (non-hydrogen) atoms. The van der Waals surface area contributed by atoms with Gasteiger partial charge in [0.25, 0.3) is 0 Å². The molecule has 1 aliphatic rings. The van der Waals surface area contributed by atoms with Gasteiger partial charge in [0, 0.05) is 38.5 Å². The van der Waals surface area contributed by atoms with Gasteiger partial charge < -0.3 is 15.5 Å². The van der Waals surface area contributed by atoms with Crippen molar-refractivity contribution in [2.24, 2.45) is 5.92 Å². The third-order valence-electron chi connectivity index (χ3n) is 3.57. The van der Waals surface area contributed by atoms with Crippen molar-refractivity contribution in [3.05, 3.63) is 11.9 Å². The van der Waals surface area contributed by atoms with Gasteiger partial charge in [-0.1, -0.05) is 11.6 Å². The minimum Gasteiger partial charge on any atom is -0.396 e. The highest BCUT2D eigenvalue weighted by Gasteiger charge is 2.25. The van der Waals surface area contributed by atoms with Crippen LogP contribution in [0.15, 0.2) is 6.20 Å². The lowest BCUT2D eigenvalue weighted by molar-refractivity contribution is 0.205. The van der Waals surface area contributed by atoms with Crippen LogP contribution in [-0.2, 0) is 13.1 Å². The molecule has 0 saturated heterocycles. The van der Waals surface area contributed by atoms with E-state index < -0.39 is 0 Å². The van der Waals surface area contributed by atoms with Crippen molar-refractivity contribution in [1.82, 2.24) is 20.3 Å². The van der Waals surface area contributed by atoms with Crippen LogP contribution in [0.1, 0.15) is 31.4 Å². The average molecular weight is 254 g/mol. The van der Waals surface area contributed by atoms with Crippen LogP contribution < -0.4 is 5.32 Å². The van der Waals surface area contributed by atoms with Gasteiger partial charge in [-0.2, -0.15) is 0 Å². The fourth-order valence-corrected chi connectivity index (χ4v) is 2.52. The molecule has 1 aromatic rings. The molecule has 0 spiro atoms. The summed E-state index contributed by atoms with van der Waals surface area (Å²) in [4.78, 5) is 0. The number of hydrogen-bond acceptors (Lipinski definition) is 5. The molecule has 1 aliphatic carbocycles. The molecule has 1 aromatic heterocycles. The number of nitrogens with one attached hydrogen (secondary N) is 1. The molecule has 6 nitrogen and oxygen atoms in total. The van der Waals surface area contributed by atoms with Gasteiger partial charge in [-0.3, -0.25) is 4.68 Å². The van der Waals surface area contributed by atoms with Crippen LogP contribution in [0.5, 0.6) is 0 Å². The van der Waals surface area contributed by atoms with Gasteiger partial charge >= 0.3 is 0 Å². The number of aromatic nitrogens is 3. The molecule has 3 N–H and O–H groups in total. The number of aliphatic hydroxyl groups excluding tert-OH is 2. The zero-order valence-corrected chi connectivity index (χ0v) is 10.6. The van der Waals surface area contributed by atoms with Gasteiger partial charge in [0.1, 0.15) is 0 Å². The highest BCUT2D eigenvalue weighted by atomic mass is 16.3. The largest absolute Gasteiger partial charge is 0.396 e. The standard InChI is InChI=1S/C12H22N4O2/c17-6-2-5-16-8-11(14-15-16)7-13-12-4-1-3-10(12)9-18/h8,10,12-13,17-18H,1-7,9H2. The summed E-state index contributed by atoms with van der Waals surface area (Å²) in [6, 6.07) is 0.401. The molecule has 2 atom stereocenters. The molecule has 0 bridgehead atoms. The van der Waals surface area contributed by atoms with E-state index in [9.17, 15) is 5.11 Å². The molecule has 0 radical (unpaired) electrons. The Morgan fingerprint density at radius 2 is 2.28 bits per heavy atom. The van der Waals surface area contributed by atoms with Crippen molar-refractivity contribution in [3.63, 3.8) is 0 Å². The predicted octanol–water partition coefficient (Wildman–Crippen LogP) is -0.0889. The highest BCUT2D eigenvalue weighted by Crippen LogP contribution is 2.25. The maximum atomic E-state index is 9.24. The maximum Gasteiger partial charge on any atom is 0.0964 e. The molecule has 0 amide bonds. The summed E-state index contributed by atoms with van der Waals surface area (Å²) in [6.07, 6.45) is 6.03. The molecule has 1 fully saturated rings. The summed E-state index contributed by atoms with van der Waals surface area (Å²) in [6.45, 7) is 1.83.